The van der Waals surface area contributed by atoms with Crippen LogP contribution in [0.1, 0.15) is 39.6 Å². The number of fused-ring (bicyclic) bond motifs is 4. The fourth-order valence-electron chi connectivity index (χ4n) is 4.19. The number of hydrogen-bond donors (Lipinski definition) is 0. The summed E-state index contributed by atoms with van der Waals surface area (Å²) in [5.74, 6) is -0.100. The summed E-state index contributed by atoms with van der Waals surface area (Å²) in [4.78, 5) is 21.7. The summed E-state index contributed by atoms with van der Waals surface area (Å²) in [6.07, 6.45) is 6.67. The van der Waals surface area contributed by atoms with Crippen molar-refractivity contribution < 1.29 is 4.79 Å². The SMILES string of the molecule is N#Cc1cnc2c(c1)CCC(C1c3ccccc3-c3cncn31)C2=O. The van der Waals surface area contributed by atoms with E-state index in [0.717, 1.165) is 29.7 Å². The molecule has 3 heterocycles. The maximum atomic E-state index is 13.2. The molecule has 0 amide bonds. The van der Waals surface area contributed by atoms with Crippen molar-refractivity contribution in [2.75, 3.05) is 0 Å². The van der Waals surface area contributed by atoms with Gasteiger partial charge in [-0.05, 0) is 30.0 Å². The first-order valence-electron chi connectivity index (χ1n) is 8.32. The van der Waals surface area contributed by atoms with Crippen molar-refractivity contribution in [3.63, 3.8) is 0 Å². The molecule has 0 saturated carbocycles. The van der Waals surface area contributed by atoms with E-state index in [9.17, 15) is 4.79 Å². The number of imidazole rings is 1. The zero-order valence-electron chi connectivity index (χ0n) is 13.4. The van der Waals surface area contributed by atoms with E-state index in [1.54, 1.807) is 6.07 Å². The van der Waals surface area contributed by atoms with Gasteiger partial charge in [0.1, 0.15) is 11.8 Å². The molecular weight excluding hydrogens is 312 g/mol. The molecule has 0 N–H and O–H groups in total. The number of benzene rings is 1. The van der Waals surface area contributed by atoms with Gasteiger partial charge in [-0.1, -0.05) is 24.3 Å². The number of aryl methyl sites for hydroxylation is 1. The molecule has 0 bridgehead atoms. The van der Waals surface area contributed by atoms with E-state index >= 15 is 0 Å². The number of Topliss-reactive ketones (excluding diaryl/α,β-unsaturated/α-hetero) is 1. The Bertz CT molecular complexity index is 1060. The van der Waals surface area contributed by atoms with Crippen LogP contribution >= 0.6 is 0 Å². The summed E-state index contributed by atoms with van der Waals surface area (Å²) < 4.78 is 2.11. The molecule has 5 rings (SSSR count). The first kappa shape index (κ1) is 14.1. The number of rotatable bonds is 1. The normalized spacial score (nSPS) is 20.5. The van der Waals surface area contributed by atoms with Gasteiger partial charge in [-0.2, -0.15) is 5.26 Å². The zero-order valence-corrected chi connectivity index (χ0v) is 13.4. The molecule has 1 aromatic carbocycles. The van der Waals surface area contributed by atoms with Crippen LogP contribution in [0.25, 0.3) is 11.3 Å². The van der Waals surface area contributed by atoms with Gasteiger partial charge in [-0.25, -0.2) is 4.98 Å². The molecule has 120 valence electrons. The molecule has 1 aliphatic heterocycles. The number of aromatic nitrogens is 3. The smallest absolute Gasteiger partial charge is 0.186 e. The molecule has 0 fully saturated rings. The minimum atomic E-state index is -0.162. The number of nitriles is 1. The Labute approximate surface area is 144 Å². The highest BCUT2D eigenvalue weighted by Gasteiger charge is 2.40. The fraction of sp³-hybridized carbons (Fsp3) is 0.200. The van der Waals surface area contributed by atoms with Gasteiger partial charge >= 0.3 is 0 Å². The fourth-order valence-corrected chi connectivity index (χ4v) is 4.19. The Morgan fingerprint density at radius 2 is 2.12 bits per heavy atom. The van der Waals surface area contributed by atoms with Gasteiger partial charge in [0.25, 0.3) is 0 Å². The van der Waals surface area contributed by atoms with E-state index in [4.69, 9.17) is 5.26 Å². The molecule has 0 saturated heterocycles. The quantitative estimate of drug-likeness (QED) is 0.688. The molecule has 0 radical (unpaired) electrons. The number of nitrogens with zero attached hydrogens (tertiary/aromatic N) is 4. The maximum Gasteiger partial charge on any atom is 0.186 e. The van der Waals surface area contributed by atoms with E-state index in [1.807, 2.05) is 24.7 Å². The zero-order chi connectivity index (χ0) is 17.0. The summed E-state index contributed by atoms with van der Waals surface area (Å²) in [5.41, 5.74) is 5.30. The van der Waals surface area contributed by atoms with Crippen LogP contribution in [0.2, 0.25) is 0 Å². The standard InChI is InChI=1S/C20H14N4O/c21-8-12-7-13-5-6-16(20(25)18(13)23-9-12)19-15-4-2-1-3-14(15)17-10-22-11-24(17)19/h1-4,7,9-11,16,19H,5-6H2. The van der Waals surface area contributed by atoms with Crippen LogP contribution in [0.5, 0.6) is 0 Å². The number of pyridine rings is 1. The third kappa shape index (κ3) is 1.91. The molecule has 2 unspecified atom stereocenters. The van der Waals surface area contributed by atoms with Crippen molar-refractivity contribution in [3.8, 4) is 17.3 Å². The second-order valence-corrected chi connectivity index (χ2v) is 6.57. The minimum absolute atomic E-state index is 0.0354. The lowest BCUT2D eigenvalue weighted by Gasteiger charge is -2.29. The predicted molar refractivity (Wildman–Crippen MR) is 90.9 cm³/mol. The molecular formula is C20H14N4O. The lowest BCUT2D eigenvalue weighted by Crippen LogP contribution is -2.31. The Hall–Kier alpha value is -3.26. The van der Waals surface area contributed by atoms with Gasteiger partial charge in [0.15, 0.2) is 5.78 Å². The van der Waals surface area contributed by atoms with Crippen molar-refractivity contribution in [2.45, 2.75) is 18.9 Å². The summed E-state index contributed by atoms with van der Waals surface area (Å²) in [6.45, 7) is 0. The van der Waals surface area contributed by atoms with E-state index in [1.165, 1.54) is 11.8 Å². The van der Waals surface area contributed by atoms with Gasteiger partial charge in [-0.3, -0.25) is 9.78 Å². The van der Waals surface area contributed by atoms with Crippen LogP contribution in [-0.4, -0.2) is 20.3 Å². The van der Waals surface area contributed by atoms with Crippen LogP contribution in [0.3, 0.4) is 0 Å². The van der Waals surface area contributed by atoms with Crippen molar-refractivity contribution in [1.29, 1.82) is 5.26 Å². The molecule has 2 aliphatic rings. The van der Waals surface area contributed by atoms with Crippen molar-refractivity contribution >= 4 is 5.78 Å². The van der Waals surface area contributed by atoms with Crippen molar-refractivity contribution in [1.82, 2.24) is 14.5 Å². The van der Waals surface area contributed by atoms with E-state index < -0.39 is 0 Å². The summed E-state index contributed by atoms with van der Waals surface area (Å²) in [6, 6.07) is 12.1. The third-order valence-corrected chi connectivity index (χ3v) is 5.29. The van der Waals surface area contributed by atoms with Crippen molar-refractivity contribution in [3.05, 3.63) is 71.4 Å². The highest BCUT2D eigenvalue weighted by Crippen LogP contribution is 2.46. The largest absolute Gasteiger partial charge is 0.322 e. The molecule has 5 heteroatoms. The monoisotopic (exact) mass is 326 g/mol. The van der Waals surface area contributed by atoms with Crippen LogP contribution in [0.4, 0.5) is 0 Å². The number of carbonyl (C=O) groups is 1. The lowest BCUT2D eigenvalue weighted by atomic mass is 9.78. The van der Waals surface area contributed by atoms with Gasteiger partial charge in [0, 0.05) is 17.7 Å². The Kier molecular flexibility index (Phi) is 2.89. The van der Waals surface area contributed by atoms with Gasteiger partial charge in [0.05, 0.1) is 29.8 Å². The summed E-state index contributed by atoms with van der Waals surface area (Å²) in [5, 5.41) is 9.04. The van der Waals surface area contributed by atoms with Gasteiger partial charge in [0.2, 0.25) is 0 Å². The molecule has 2 atom stereocenters. The number of carbonyl (C=O) groups excluding carboxylic acids is 1. The Balaban J connectivity index is 1.61. The van der Waals surface area contributed by atoms with Crippen LogP contribution in [-0.2, 0) is 6.42 Å². The molecule has 1 aliphatic carbocycles. The summed E-state index contributed by atoms with van der Waals surface area (Å²) in [7, 11) is 0. The van der Waals surface area contributed by atoms with Crippen LogP contribution in [0, 0.1) is 17.2 Å². The molecule has 3 aromatic rings. The average molecular weight is 326 g/mol. The van der Waals surface area contributed by atoms with E-state index in [2.05, 4.69) is 32.7 Å². The second-order valence-electron chi connectivity index (χ2n) is 6.57. The number of hydrogen-bond acceptors (Lipinski definition) is 4. The lowest BCUT2D eigenvalue weighted by molar-refractivity contribution is 0.0865. The topological polar surface area (TPSA) is 71.6 Å². The second kappa shape index (κ2) is 5.12. The Morgan fingerprint density at radius 3 is 3.00 bits per heavy atom. The molecule has 0 spiro atoms. The van der Waals surface area contributed by atoms with Crippen molar-refractivity contribution in [2.24, 2.45) is 5.92 Å². The van der Waals surface area contributed by atoms with E-state index in [0.29, 0.717) is 11.3 Å². The number of ketones is 1. The van der Waals surface area contributed by atoms with Crippen LogP contribution in [0.15, 0.2) is 49.1 Å². The molecule has 25 heavy (non-hydrogen) atoms. The van der Waals surface area contributed by atoms with Gasteiger partial charge in [-0.15, -0.1) is 0 Å². The first-order valence-corrected chi connectivity index (χ1v) is 8.32. The summed E-state index contributed by atoms with van der Waals surface area (Å²) >= 11 is 0. The third-order valence-electron chi connectivity index (χ3n) is 5.29. The highest BCUT2D eigenvalue weighted by atomic mass is 16.1. The molecule has 2 aromatic heterocycles. The van der Waals surface area contributed by atoms with E-state index in [-0.39, 0.29) is 17.7 Å². The maximum absolute atomic E-state index is 13.2. The Morgan fingerprint density at radius 1 is 1.24 bits per heavy atom. The highest BCUT2D eigenvalue weighted by molar-refractivity contribution is 5.99. The first-order chi connectivity index (χ1) is 12.3. The predicted octanol–water partition coefficient (Wildman–Crippen LogP) is 3.16. The van der Waals surface area contributed by atoms with Gasteiger partial charge < -0.3 is 4.57 Å². The molecule has 5 nitrogen and oxygen atoms in total. The minimum Gasteiger partial charge on any atom is -0.322 e. The average Bonchev–Trinajstić information content (AvgIpc) is 3.23. The van der Waals surface area contributed by atoms with Crippen LogP contribution < -0.4 is 0 Å².